The van der Waals surface area contributed by atoms with Crippen LogP contribution in [0.15, 0.2) is 28.6 Å². The minimum atomic E-state index is -2.68. The van der Waals surface area contributed by atoms with E-state index in [4.69, 9.17) is 0 Å². The minimum absolute atomic E-state index is 0.389. The van der Waals surface area contributed by atoms with E-state index in [0.29, 0.717) is 5.56 Å². The number of rotatable bonds is 2. The Kier molecular flexibility index (Phi) is 3.34. The molecule has 16 heavy (non-hydrogen) atoms. The fourth-order valence-corrected chi connectivity index (χ4v) is 2.43. The molecule has 0 aromatic heterocycles. The summed E-state index contributed by atoms with van der Waals surface area (Å²) in [4.78, 5) is 0. The van der Waals surface area contributed by atoms with Crippen LogP contribution in [0.5, 0.6) is 0 Å². The van der Waals surface area contributed by atoms with Gasteiger partial charge in [-0.15, -0.1) is 0 Å². The molecule has 0 bridgehead atoms. The fourth-order valence-electron chi connectivity index (χ4n) is 1.32. The average Bonchev–Trinajstić information content (AvgIpc) is 2.28. The second kappa shape index (κ2) is 4.22. The molecular formula is C11H13FN2OS. The first-order chi connectivity index (χ1) is 7.37. The van der Waals surface area contributed by atoms with Gasteiger partial charge in [-0.3, -0.25) is 0 Å². The molecule has 86 valence electrons. The number of halogens is 1. The molecule has 0 N–H and O–H groups in total. The van der Waals surface area contributed by atoms with E-state index in [-0.39, 0.29) is 5.82 Å². The highest BCUT2D eigenvalue weighted by Gasteiger charge is 2.35. The largest absolute Gasteiger partial charge is 0.248 e. The molecule has 0 saturated carbocycles. The molecular weight excluding hydrogens is 227 g/mol. The van der Waals surface area contributed by atoms with Crippen molar-refractivity contribution in [2.24, 2.45) is 4.36 Å². The second-order valence-electron chi connectivity index (χ2n) is 3.64. The zero-order valence-electron chi connectivity index (χ0n) is 9.40. The van der Waals surface area contributed by atoms with Gasteiger partial charge in [0, 0.05) is 13.3 Å². The zero-order chi connectivity index (χ0) is 12.4. The third kappa shape index (κ3) is 1.93. The molecule has 2 unspecified atom stereocenters. The van der Waals surface area contributed by atoms with Crippen molar-refractivity contribution in [3.05, 3.63) is 35.6 Å². The second-order valence-corrected chi connectivity index (χ2v) is 6.42. The van der Waals surface area contributed by atoms with Gasteiger partial charge >= 0.3 is 0 Å². The molecule has 0 aliphatic heterocycles. The van der Waals surface area contributed by atoms with E-state index < -0.39 is 14.5 Å². The quantitative estimate of drug-likeness (QED) is 0.796. The van der Waals surface area contributed by atoms with Crippen molar-refractivity contribution in [3.8, 4) is 6.07 Å². The summed E-state index contributed by atoms with van der Waals surface area (Å²) in [6.45, 7) is 1.55. The standard InChI is InChI=1S/C11H13FN2OS/c1-11(8-13,16(3,15)14-2)9-4-6-10(12)7-5-9/h4-7H,1-3H3. The Balaban J connectivity index is 3.45. The van der Waals surface area contributed by atoms with Gasteiger partial charge in [0.2, 0.25) is 0 Å². The van der Waals surface area contributed by atoms with Gasteiger partial charge in [-0.2, -0.15) is 5.26 Å². The highest BCUT2D eigenvalue weighted by atomic mass is 32.2. The number of nitrogens with zero attached hydrogens (tertiary/aromatic N) is 2. The molecule has 0 radical (unpaired) electrons. The molecule has 1 rings (SSSR count). The van der Waals surface area contributed by atoms with Gasteiger partial charge in [0.1, 0.15) is 5.82 Å². The Hall–Kier alpha value is -1.41. The molecule has 0 aliphatic carbocycles. The van der Waals surface area contributed by atoms with Crippen molar-refractivity contribution in [3.63, 3.8) is 0 Å². The molecule has 0 fully saturated rings. The summed E-state index contributed by atoms with van der Waals surface area (Å²) in [6, 6.07) is 7.44. The molecule has 1 aromatic carbocycles. The van der Waals surface area contributed by atoms with Crippen molar-refractivity contribution < 1.29 is 8.60 Å². The van der Waals surface area contributed by atoms with Crippen LogP contribution >= 0.6 is 0 Å². The summed E-state index contributed by atoms with van der Waals surface area (Å²) < 4.78 is 27.5. The van der Waals surface area contributed by atoms with Crippen molar-refractivity contribution in [2.75, 3.05) is 13.3 Å². The van der Waals surface area contributed by atoms with Gasteiger partial charge in [-0.05, 0) is 24.6 Å². The average molecular weight is 240 g/mol. The van der Waals surface area contributed by atoms with E-state index in [1.54, 1.807) is 6.92 Å². The van der Waals surface area contributed by atoms with Gasteiger partial charge < -0.3 is 0 Å². The lowest BCUT2D eigenvalue weighted by atomic mass is 10.0. The highest BCUT2D eigenvalue weighted by Crippen LogP contribution is 2.30. The lowest BCUT2D eigenvalue weighted by molar-refractivity contribution is 0.625. The Bertz CT molecular complexity index is 538. The van der Waals surface area contributed by atoms with Gasteiger partial charge in [0.25, 0.3) is 0 Å². The Morgan fingerprint density at radius 2 is 1.94 bits per heavy atom. The minimum Gasteiger partial charge on any atom is -0.248 e. The topological polar surface area (TPSA) is 53.2 Å². The third-order valence-electron chi connectivity index (χ3n) is 2.71. The smallest absolute Gasteiger partial charge is 0.162 e. The highest BCUT2D eigenvalue weighted by molar-refractivity contribution is 7.94. The van der Waals surface area contributed by atoms with Crippen molar-refractivity contribution >= 4 is 9.73 Å². The molecule has 1 aromatic rings. The molecule has 3 nitrogen and oxygen atoms in total. The number of nitriles is 1. The normalized spacial score (nSPS) is 17.9. The predicted octanol–water partition coefficient (Wildman–Crippen LogP) is 2.29. The lowest BCUT2D eigenvalue weighted by Gasteiger charge is -2.23. The van der Waals surface area contributed by atoms with Crippen LogP contribution in [0, 0.1) is 17.1 Å². The predicted molar refractivity (Wildman–Crippen MR) is 61.8 cm³/mol. The molecule has 0 saturated heterocycles. The van der Waals surface area contributed by atoms with E-state index in [1.165, 1.54) is 37.6 Å². The van der Waals surface area contributed by atoms with Gasteiger partial charge in [0.15, 0.2) is 4.75 Å². The summed E-state index contributed by atoms with van der Waals surface area (Å²) in [6.07, 6.45) is 1.43. The molecule has 2 atom stereocenters. The molecule has 0 spiro atoms. The van der Waals surface area contributed by atoms with E-state index in [9.17, 15) is 13.9 Å². The monoisotopic (exact) mass is 240 g/mol. The SMILES string of the molecule is CN=S(C)(=O)C(C)(C#N)c1ccc(F)cc1. The van der Waals surface area contributed by atoms with E-state index >= 15 is 0 Å². The van der Waals surface area contributed by atoms with Crippen LogP contribution < -0.4 is 0 Å². The maximum atomic E-state index is 12.8. The van der Waals surface area contributed by atoms with Crippen molar-refractivity contribution in [1.82, 2.24) is 0 Å². The third-order valence-corrected chi connectivity index (χ3v) is 5.25. The maximum Gasteiger partial charge on any atom is 0.162 e. The van der Waals surface area contributed by atoms with Crippen LogP contribution in [0.25, 0.3) is 0 Å². The maximum absolute atomic E-state index is 12.8. The Morgan fingerprint density at radius 3 is 2.31 bits per heavy atom. The van der Waals surface area contributed by atoms with Crippen LogP contribution in [0.1, 0.15) is 12.5 Å². The van der Waals surface area contributed by atoms with Crippen molar-refractivity contribution in [1.29, 1.82) is 5.26 Å². The van der Waals surface area contributed by atoms with Gasteiger partial charge in [-0.25, -0.2) is 13.0 Å². The number of hydrogen-bond donors (Lipinski definition) is 0. The first kappa shape index (κ1) is 12.7. The van der Waals surface area contributed by atoms with Crippen LogP contribution in [-0.4, -0.2) is 17.5 Å². The summed E-state index contributed by atoms with van der Waals surface area (Å²) in [7, 11) is -1.27. The van der Waals surface area contributed by atoms with Gasteiger partial charge in [-0.1, -0.05) is 12.1 Å². The van der Waals surface area contributed by atoms with Crippen LogP contribution in [0.2, 0.25) is 0 Å². The number of benzene rings is 1. The van der Waals surface area contributed by atoms with Crippen molar-refractivity contribution in [2.45, 2.75) is 11.7 Å². The Labute approximate surface area is 95.1 Å². The molecule has 0 amide bonds. The summed E-state index contributed by atoms with van der Waals surface area (Å²) in [5, 5.41) is 9.19. The molecule has 5 heteroatoms. The van der Waals surface area contributed by atoms with Crippen LogP contribution in [0.3, 0.4) is 0 Å². The number of hydrogen-bond acceptors (Lipinski definition) is 3. The molecule has 0 heterocycles. The Morgan fingerprint density at radius 1 is 1.44 bits per heavy atom. The first-order valence-corrected chi connectivity index (χ1v) is 6.57. The summed E-state index contributed by atoms with van der Waals surface area (Å²) >= 11 is 0. The summed E-state index contributed by atoms with van der Waals surface area (Å²) in [5.74, 6) is -0.389. The zero-order valence-corrected chi connectivity index (χ0v) is 10.2. The van der Waals surface area contributed by atoms with Crippen LogP contribution in [0.4, 0.5) is 4.39 Å². The van der Waals surface area contributed by atoms with E-state index in [2.05, 4.69) is 4.36 Å². The first-order valence-electron chi connectivity index (χ1n) is 4.64. The summed E-state index contributed by atoms with van der Waals surface area (Å²) in [5.41, 5.74) is 0.509. The van der Waals surface area contributed by atoms with E-state index in [0.717, 1.165) is 0 Å². The fraction of sp³-hybridized carbons (Fsp3) is 0.364. The molecule has 0 aliphatic rings. The van der Waals surface area contributed by atoms with Gasteiger partial charge in [0.05, 0.1) is 15.8 Å². The van der Waals surface area contributed by atoms with E-state index in [1.807, 2.05) is 6.07 Å². The lowest BCUT2D eigenvalue weighted by Crippen LogP contribution is -2.29. The van der Waals surface area contributed by atoms with Crippen LogP contribution in [-0.2, 0) is 14.5 Å².